The number of benzene rings is 3. The van der Waals surface area contributed by atoms with Crippen LogP contribution in [0.2, 0.25) is 0 Å². The number of amides is 2. The summed E-state index contributed by atoms with van der Waals surface area (Å²) < 4.78 is 6.56. The van der Waals surface area contributed by atoms with Crippen molar-refractivity contribution in [2.45, 2.75) is 13.5 Å². The molecule has 0 unspecified atom stereocenters. The highest BCUT2D eigenvalue weighted by Gasteiger charge is 2.07. The van der Waals surface area contributed by atoms with Gasteiger partial charge in [0, 0.05) is 10.0 Å². The van der Waals surface area contributed by atoms with Crippen LogP contribution < -0.4 is 15.5 Å². The first-order valence-corrected chi connectivity index (χ1v) is 10.4. The van der Waals surface area contributed by atoms with Gasteiger partial charge in [-0.05, 0) is 60.5 Å². The summed E-state index contributed by atoms with van der Waals surface area (Å²) in [4.78, 5) is 23.9. The quantitative estimate of drug-likeness (QED) is 0.375. The molecule has 0 aliphatic heterocycles. The number of aryl methyl sites for hydroxylation is 1. The first kappa shape index (κ1) is 22.2. The number of ether oxygens (including phenoxy) is 1. The fourth-order valence-corrected chi connectivity index (χ4v) is 3.01. The fourth-order valence-electron chi connectivity index (χ4n) is 2.61. The van der Waals surface area contributed by atoms with E-state index in [9.17, 15) is 9.59 Å². The zero-order valence-corrected chi connectivity index (χ0v) is 18.6. The Kier molecular flexibility index (Phi) is 7.95. The van der Waals surface area contributed by atoms with E-state index in [1.807, 2.05) is 49.4 Å². The van der Waals surface area contributed by atoms with Gasteiger partial charge in [-0.2, -0.15) is 5.10 Å². The molecule has 0 saturated carbocycles. The van der Waals surface area contributed by atoms with Gasteiger partial charge in [-0.25, -0.2) is 5.43 Å². The average molecular weight is 480 g/mol. The molecule has 0 radical (unpaired) electrons. The van der Waals surface area contributed by atoms with Crippen molar-refractivity contribution < 1.29 is 14.3 Å². The molecule has 0 heterocycles. The molecular weight excluding hydrogens is 458 g/mol. The molecule has 3 aromatic carbocycles. The van der Waals surface area contributed by atoms with Gasteiger partial charge in [0.05, 0.1) is 12.8 Å². The normalized spacial score (nSPS) is 10.6. The van der Waals surface area contributed by atoms with E-state index in [2.05, 4.69) is 43.9 Å². The second-order valence-electron chi connectivity index (χ2n) is 6.83. The number of hydrogen-bond donors (Lipinski definition) is 2. The van der Waals surface area contributed by atoms with Crippen LogP contribution in [0.4, 0.5) is 0 Å². The zero-order valence-electron chi connectivity index (χ0n) is 17.0. The predicted molar refractivity (Wildman–Crippen MR) is 124 cm³/mol. The maximum atomic E-state index is 12.0. The molecule has 0 aromatic heterocycles. The molecule has 158 valence electrons. The number of halogens is 1. The first-order valence-electron chi connectivity index (χ1n) is 9.64. The molecular formula is C24H22BrN3O3. The summed E-state index contributed by atoms with van der Waals surface area (Å²) in [6.45, 7) is 2.37. The molecule has 0 atom stereocenters. The highest BCUT2D eigenvalue weighted by molar-refractivity contribution is 9.10. The molecule has 0 aliphatic carbocycles. The van der Waals surface area contributed by atoms with Crippen LogP contribution in [-0.2, 0) is 11.4 Å². The Morgan fingerprint density at radius 2 is 1.77 bits per heavy atom. The summed E-state index contributed by atoms with van der Waals surface area (Å²) in [6, 6.07) is 22.5. The average Bonchev–Trinajstić information content (AvgIpc) is 2.78. The molecule has 7 heteroatoms. The summed E-state index contributed by atoms with van der Waals surface area (Å²) in [5.74, 6) is -0.00340. The van der Waals surface area contributed by atoms with Gasteiger partial charge in [-0.1, -0.05) is 51.8 Å². The van der Waals surface area contributed by atoms with E-state index in [4.69, 9.17) is 4.74 Å². The maximum absolute atomic E-state index is 12.0. The van der Waals surface area contributed by atoms with Crippen LogP contribution in [0.3, 0.4) is 0 Å². The van der Waals surface area contributed by atoms with Crippen molar-refractivity contribution >= 4 is 34.0 Å². The lowest BCUT2D eigenvalue weighted by molar-refractivity contribution is -0.120. The molecule has 31 heavy (non-hydrogen) atoms. The summed E-state index contributed by atoms with van der Waals surface area (Å²) in [6.07, 6.45) is 1.53. The third-order valence-electron chi connectivity index (χ3n) is 4.31. The van der Waals surface area contributed by atoms with E-state index in [1.54, 1.807) is 18.2 Å². The highest BCUT2D eigenvalue weighted by Crippen LogP contribution is 2.14. The smallest absolute Gasteiger partial charge is 0.259 e. The lowest BCUT2D eigenvalue weighted by atomic mass is 10.2. The van der Waals surface area contributed by atoms with Gasteiger partial charge < -0.3 is 10.1 Å². The summed E-state index contributed by atoms with van der Waals surface area (Å²) in [5, 5.41) is 6.46. The van der Waals surface area contributed by atoms with Gasteiger partial charge in [-0.15, -0.1) is 0 Å². The molecule has 0 bridgehead atoms. The molecule has 2 N–H and O–H groups in total. The molecule has 0 saturated heterocycles. The minimum absolute atomic E-state index is 0.172. The number of hydrazone groups is 1. The highest BCUT2D eigenvalue weighted by atomic mass is 79.9. The Morgan fingerprint density at radius 1 is 1.03 bits per heavy atom. The van der Waals surface area contributed by atoms with Crippen LogP contribution in [0.15, 0.2) is 82.4 Å². The Morgan fingerprint density at radius 3 is 2.48 bits per heavy atom. The number of nitrogens with one attached hydrogen (secondary N) is 2. The van der Waals surface area contributed by atoms with Crippen LogP contribution in [0.5, 0.6) is 5.75 Å². The van der Waals surface area contributed by atoms with Gasteiger partial charge in [0.2, 0.25) is 0 Å². The van der Waals surface area contributed by atoms with Crippen molar-refractivity contribution in [2.75, 3.05) is 6.54 Å². The second kappa shape index (κ2) is 11.1. The van der Waals surface area contributed by atoms with Crippen molar-refractivity contribution in [3.63, 3.8) is 0 Å². The molecule has 0 spiro atoms. The molecule has 2 amide bonds. The third-order valence-corrected chi connectivity index (χ3v) is 4.80. The van der Waals surface area contributed by atoms with E-state index >= 15 is 0 Å². The van der Waals surface area contributed by atoms with Crippen LogP contribution in [0, 0.1) is 6.92 Å². The Labute approximate surface area is 189 Å². The van der Waals surface area contributed by atoms with Crippen LogP contribution in [0.25, 0.3) is 0 Å². The van der Waals surface area contributed by atoms with Crippen LogP contribution in [-0.4, -0.2) is 24.6 Å². The topological polar surface area (TPSA) is 79.8 Å². The standard InChI is InChI=1S/C24H22BrN3O3/c1-17-5-7-19(8-6-17)16-31-22-11-9-18(10-12-22)14-27-28-23(29)15-26-24(30)20-3-2-4-21(25)13-20/h2-14H,15-16H2,1H3,(H,26,30)(H,28,29)/b27-14+. The second-order valence-corrected chi connectivity index (χ2v) is 7.75. The number of carbonyl (C=O) groups excluding carboxylic acids is 2. The zero-order chi connectivity index (χ0) is 22.1. The van der Waals surface area contributed by atoms with E-state index in [0.717, 1.165) is 21.3 Å². The van der Waals surface area contributed by atoms with E-state index < -0.39 is 5.91 Å². The monoisotopic (exact) mass is 479 g/mol. The molecule has 6 nitrogen and oxygen atoms in total. The van der Waals surface area contributed by atoms with Gasteiger partial charge in [0.25, 0.3) is 11.8 Å². The number of rotatable bonds is 8. The SMILES string of the molecule is Cc1ccc(COc2ccc(/C=N/NC(=O)CNC(=O)c3cccc(Br)c3)cc2)cc1. The van der Waals surface area contributed by atoms with Crippen molar-refractivity contribution in [3.05, 3.63) is 99.5 Å². The maximum Gasteiger partial charge on any atom is 0.259 e. The lowest BCUT2D eigenvalue weighted by Gasteiger charge is -2.07. The van der Waals surface area contributed by atoms with Crippen molar-refractivity contribution in [2.24, 2.45) is 5.10 Å². The third kappa shape index (κ3) is 7.38. The van der Waals surface area contributed by atoms with Gasteiger partial charge >= 0.3 is 0 Å². The minimum Gasteiger partial charge on any atom is -0.489 e. The van der Waals surface area contributed by atoms with Crippen LogP contribution >= 0.6 is 15.9 Å². The minimum atomic E-state index is -0.419. The van der Waals surface area contributed by atoms with E-state index in [1.165, 1.54) is 11.8 Å². The first-order chi connectivity index (χ1) is 15.0. The molecule has 0 fully saturated rings. The number of nitrogens with zero attached hydrogens (tertiary/aromatic N) is 1. The van der Waals surface area contributed by atoms with Gasteiger partial charge in [0.1, 0.15) is 12.4 Å². The molecule has 3 aromatic rings. The largest absolute Gasteiger partial charge is 0.489 e. The van der Waals surface area contributed by atoms with Crippen LogP contribution in [0.1, 0.15) is 27.0 Å². The molecule has 0 aliphatic rings. The van der Waals surface area contributed by atoms with E-state index in [-0.39, 0.29) is 12.5 Å². The summed E-state index contributed by atoms with van der Waals surface area (Å²) >= 11 is 3.31. The Bertz CT molecular complexity index is 1060. The fraction of sp³-hybridized carbons (Fsp3) is 0.125. The predicted octanol–water partition coefficient (Wildman–Crippen LogP) is 4.22. The summed E-state index contributed by atoms with van der Waals surface area (Å²) in [7, 11) is 0. The summed E-state index contributed by atoms with van der Waals surface area (Å²) in [5.41, 5.74) is 5.98. The van der Waals surface area contributed by atoms with Gasteiger partial charge in [-0.3, -0.25) is 9.59 Å². The van der Waals surface area contributed by atoms with Crippen molar-refractivity contribution in [3.8, 4) is 5.75 Å². The van der Waals surface area contributed by atoms with Crippen molar-refractivity contribution in [1.82, 2.24) is 10.7 Å². The van der Waals surface area contributed by atoms with Gasteiger partial charge in [0.15, 0.2) is 0 Å². The molecule has 3 rings (SSSR count). The Balaban J connectivity index is 1.41. The number of hydrogen-bond acceptors (Lipinski definition) is 4. The Hall–Kier alpha value is -3.45. The van der Waals surface area contributed by atoms with Crippen molar-refractivity contribution in [1.29, 1.82) is 0 Å². The number of carbonyl (C=O) groups is 2. The lowest BCUT2D eigenvalue weighted by Crippen LogP contribution is -2.34. The van der Waals surface area contributed by atoms with E-state index in [0.29, 0.717) is 12.2 Å².